The van der Waals surface area contributed by atoms with Crippen LogP contribution in [0.2, 0.25) is 0 Å². The number of rotatable bonds is 1. The van der Waals surface area contributed by atoms with E-state index < -0.39 is 0 Å². The first-order chi connectivity index (χ1) is 13.7. The number of aromatic nitrogens is 1. The van der Waals surface area contributed by atoms with Gasteiger partial charge < -0.3 is 4.98 Å². The van der Waals surface area contributed by atoms with Gasteiger partial charge in [0.25, 0.3) is 0 Å². The van der Waals surface area contributed by atoms with Crippen LogP contribution < -0.4 is 0 Å². The van der Waals surface area contributed by atoms with Crippen LogP contribution in [0.1, 0.15) is 11.1 Å². The maximum absolute atomic E-state index is 3.75. The smallest absolute Gasteiger partial charge is 0.0609 e. The van der Waals surface area contributed by atoms with Crippen molar-refractivity contribution in [3.05, 3.63) is 92.9 Å². The van der Waals surface area contributed by atoms with Crippen LogP contribution in [-0.4, -0.2) is 4.98 Å². The number of benzene rings is 4. The molecule has 0 unspecified atom stereocenters. The van der Waals surface area contributed by atoms with Crippen LogP contribution in [0.3, 0.4) is 0 Å². The summed E-state index contributed by atoms with van der Waals surface area (Å²) in [6.45, 7) is 0. The Labute approximate surface area is 179 Å². The molecule has 4 aromatic carbocycles. The second-order valence-electron chi connectivity index (χ2n) is 7.30. The van der Waals surface area contributed by atoms with Gasteiger partial charge in [-0.3, -0.25) is 0 Å². The molecule has 0 radical (unpaired) electrons. The Bertz CT molecular complexity index is 1410. The molecule has 0 amide bonds. The lowest BCUT2D eigenvalue weighted by atomic mass is 9.91. The van der Waals surface area contributed by atoms with Crippen LogP contribution in [0.25, 0.3) is 44.1 Å². The number of nitrogens with one attached hydrogen (secondary N) is 1. The van der Waals surface area contributed by atoms with Gasteiger partial charge in [-0.15, -0.1) is 0 Å². The quantitative estimate of drug-likeness (QED) is 0.240. The second-order valence-corrected chi connectivity index (χ2v) is 9.01. The SMILES string of the molecule is Brc1cccc2c1Cc1cccc(-c3cccc4[nH]c5c(Br)cccc5c34)c1-2. The molecule has 134 valence electrons. The molecule has 0 spiro atoms. The maximum Gasteiger partial charge on any atom is 0.0609 e. The third kappa shape index (κ3) is 2.23. The predicted octanol–water partition coefficient (Wildman–Crippen LogP) is 8.08. The number of halogens is 2. The topological polar surface area (TPSA) is 15.8 Å². The molecule has 1 heterocycles. The van der Waals surface area contributed by atoms with Gasteiger partial charge >= 0.3 is 0 Å². The predicted molar refractivity (Wildman–Crippen MR) is 125 cm³/mol. The fourth-order valence-corrected chi connectivity index (χ4v) is 5.59. The van der Waals surface area contributed by atoms with Crippen molar-refractivity contribution in [2.75, 3.05) is 0 Å². The van der Waals surface area contributed by atoms with Gasteiger partial charge in [0, 0.05) is 25.2 Å². The zero-order chi connectivity index (χ0) is 18.8. The third-order valence-corrected chi connectivity index (χ3v) is 7.21. The van der Waals surface area contributed by atoms with E-state index in [1.54, 1.807) is 0 Å². The first kappa shape index (κ1) is 16.6. The van der Waals surface area contributed by atoms with Crippen LogP contribution in [-0.2, 0) is 6.42 Å². The van der Waals surface area contributed by atoms with Crippen molar-refractivity contribution in [2.45, 2.75) is 6.42 Å². The van der Waals surface area contributed by atoms with E-state index in [0.717, 1.165) is 16.4 Å². The summed E-state index contributed by atoms with van der Waals surface area (Å²) in [4.78, 5) is 3.60. The van der Waals surface area contributed by atoms with Gasteiger partial charge in [-0.2, -0.15) is 0 Å². The van der Waals surface area contributed by atoms with Gasteiger partial charge in [-0.25, -0.2) is 0 Å². The molecule has 0 aliphatic heterocycles. The number of hydrogen-bond donors (Lipinski definition) is 1. The molecule has 3 heteroatoms. The van der Waals surface area contributed by atoms with Crippen molar-refractivity contribution in [3.63, 3.8) is 0 Å². The highest BCUT2D eigenvalue weighted by molar-refractivity contribution is 9.11. The van der Waals surface area contributed by atoms with Gasteiger partial charge in [0.05, 0.1) is 5.52 Å². The van der Waals surface area contributed by atoms with Crippen LogP contribution in [0.4, 0.5) is 0 Å². The highest BCUT2D eigenvalue weighted by Crippen LogP contribution is 2.47. The van der Waals surface area contributed by atoms with Crippen molar-refractivity contribution in [1.29, 1.82) is 0 Å². The van der Waals surface area contributed by atoms with Crippen molar-refractivity contribution < 1.29 is 0 Å². The Kier molecular flexibility index (Phi) is 3.59. The zero-order valence-electron chi connectivity index (χ0n) is 14.9. The van der Waals surface area contributed by atoms with Crippen molar-refractivity contribution >= 4 is 53.7 Å². The van der Waals surface area contributed by atoms with E-state index in [-0.39, 0.29) is 0 Å². The van der Waals surface area contributed by atoms with E-state index in [1.165, 1.54) is 54.1 Å². The van der Waals surface area contributed by atoms with E-state index in [9.17, 15) is 0 Å². The summed E-state index contributed by atoms with van der Waals surface area (Å²) in [5.41, 5.74) is 10.4. The second kappa shape index (κ2) is 6.07. The summed E-state index contributed by atoms with van der Waals surface area (Å²) in [5.74, 6) is 0. The summed E-state index contributed by atoms with van der Waals surface area (Å²) in [6, 6.07) is 26.2. The number of H-pyrrole nitrogens is 1. The lowest BCUT2D eigenvalue weighted by Gasteiger charge is -2.12. The molecule has 1 aliphatic carbocycles. The first-order valence-corrected chi connectivity index (χ1v) is 10.9. The minimum absolute atomic E-state index is 0.981. The van der Waals surface area contributed by atoms with E-state index in [2.05, 4.69) is 110 Å². The Hall–Kier alpha value is -2.36. The molecule has 6 rings (SSSR count). The number of hydrogen-bond acceptors (Lipinski definition) is 0. The average Bonchev–Trinajstić information content (AvgIpc) is 3.28. The standard InChI is InChI=1S/C25H15Br2N/c26-20-10-2-7-17-19(20)13-14-5-1-6-15(23(14)17)16-8-4-12-22-24(16)18-9-3-11-21(27)25(18)28-22/h1-12,28H,13H2. The summed E-state index contributed by atoms with van der Waals surface area (Å²) in [5, 5.41) is 2.54. The van der Waals surface area contributed by atoms with E-state index >= 15 is 0 Å². The zero-order valence-corrected chi connectivity index (χ0v) is 18.1. The Morgan fingerprint density at radius 2 is 1.39 bits per heavy atom. The Balaban J connectivity index is 1.73. The van der Waals surface area contributed by atoms with Gasteiger partial charge in [-0.05, 0) is 73.9 Å². The lowest BCUT2D eigenvalue weighted by molar-refractivity contribution is 1.25. The molecule has 0 saturated heterocycles. The molecular weight excluding hydrogens is 474 g/mol. The Morgan fingerprint density at radius 1 is 0.679 bits per heavy atom. The van der Waals surface area contributed by atoms with Crippen molar-refractivity contribution in [3.8, 4) is 22.3 Å². The van der Waals surface area contributed by atoms with Crippen LogP contribution in [0.15, 0.2) is 81.7 Å². The fourth-order valence-electron chi connectivity index (χ4n) is 4.62. The fraction of sp³-hybridized carbons (Fsp3) is 0.0400. The molecule has 5 aromatic rings. The van der Waals surface area contributed by atoms with Gasteiger partial charge in [-0.1, -0.05) is 70.5 Å². The molecule has 0 saturated carbocycles. The summed E-state index contributed by atoms with van der Waals surface area (Å²) in [7, 11) is 0. The largest absolute Gasteiger partial charge is 0.354 e. The van der Waals surface area contributed by atoms with Crippen molar-refractivity contribution in [1.82, 2.24) is 4.98 Å². The molecule has 1 aromatic heterocycles. The van der Waals surface area contributed by atoms with Gasteiger partial charge in [0.2, 0.25) is 0 Å². The van der Waals surface area contributed by atoms with E-state index in [4.69, 9.17) is 0 Å². The summed E-state index contributed by atoms with van der Waals surface area (Å²) < 4.78 is 2.29. The number of para-hydroxylation sites is 1. The summed E-state index contributed by atoms with van der Waals surface area (Å²) in [6.07, 6.45) is 0.981. The molecule has 0 atom stereocenters. The molecule has 1 nitrogen and oxygen atoms in total. The Morgan fingerprint density at radius 3 is 2.32 bits per heavy atom. The van der Waals surface area contributed by atoms with Crippen LogP contribution >= 0.6 is 31.9 Å². The highest BCUT2D eigenvalue weighted by Gasteiger charge is 2.24. The van der Waals surface area contributed by atoms with Gasteiger partial charge in [0.1, 0.15) is 0 Å². The van der Waals surface area contributed by atoms with E-state index in [1.807, 2.05) is 0 Å². The minimum atomic E-state index is 0.981. The molecule has 0 fully saturated rings. The van der Waals surface area contributed by atoms with Crippen molar-refractivity contribution in [2.24, 2.45) is 0 Å². The molecular formula is C25H15Br2N. The van der Waals surface area contributed by atoms with E-state index in [0.29, 0.717) is 0 Å². The first-order valence-electron chi connectivity index (χ1n) is 9.31. The monoisotopic (exact) mass is 487 g/mol. The highest BCUT2D eigenvalue weighted by atomic mass is 79.9. The molecule has 1 N–H and O–H groups in total. The van der Waals surface area contributed by atoms with Crippen LogP contribution in [0, 0.1) is 0 Å². The minimum Gasteiger partial charge on any atom is -0.354 e. The number of aromatic amines is 1. The lowest BCUT2D eigenvalue weighted by Crippen LogP contribution is -1.87. The third-order valence-electron chi connectivity index (χ3n) is 5.80. The van der Waals surface area contributed by atoms with Crippen LogP contribution in [0.5, 0.6) is 0 Å². The number of fused-ring (bicyclic) bond motifs is 6. The normalized spacial score (nSPS) is 12.5. The molecule has 28 heavy (non-hydrogen) atoms. The average molecular weight is 489 g/mol. The molecule has 0 bridgehead atoms. The maximum atomic E-state index is 3.75. The van der Waals surface area contributed by atoms with Gasteiger partial charge in [0.15, 0.2) is 0 Å². The molecule has 1 aliphatic rings. The summed E-state index contributed by atoms with van der Waals surface area (Å²) >= 11 is 7.45.